The largest absolute Gasteiger partial charge is 0.481 e. The SMILES string of the molecule is CSc1nc(=O)[nH]c(C)c1C(=O)N1CC(C(C)C(=O)O)C1. The number of H-pyrrole nitrogens is 1. The van der Waals surface area contributed by atoms with Crippen molar-refractivity contribution in [2.24, 2.45) is 11.8 Å². The number of aliphatic carboxylic acids is 1. The van der Waals surface area contributed by atoms with Gasteiger partial charge in [0.25, 0.3) is 5.91 Å². The number of likely N-dealkylation sites (tertiary alicyclic amines) is 1. The van der Waals surface area contributed by atoms with Crippen LogP contribution in [0, 0.1) is 18.8 Å². The minimum absolute atomic E-state index is 0.0276. The van der Waals surface area contributed by atoms with Gasteiger partial charge in [-0.15, -0.1) is 11.8 Å². The van der Waals surface area contributed by atoms with E-state index in [0.717, 1.165) is 0 Å². The van der Waals surface area contributed by atoms with Crippen LogP contribution in [0.15, 0.2) is 9.82 Å². The molecule has 1 aromatic heterocycles. The Bertz CT molecular complexity index is 637. The number of hydrogen-bond donors (Lipinski definition) is 2. The van der Waals surface area contributed by atoms with Gasteiger partial charge < -0.3 is 15.0 Å². The Morgan fingerprint density at radius 1 is 1.48 bits per heavy atom. The first-order valence-electron chi connectivity index (χ1n) is 6.52. The topological polar surface area (TPSA) is 103 Å². The fourth-order valence-electron chi connectivity index (χ4n) is 2.31. The summed E-state index contributed by atoms with van der Waals surface area (Å²) in [5.41, 5.74) is 0.400. The number of carbonyl (C=O) groups is 2. The number of carboxylic acid groups (broad SMARTS) is 1. The third-order valence-corrected chi connectivity index (χ3v) is 4.47. The first-order valence-corrected chi connectivity index (χ1v) is 7.74. The van der Waals surface area contributed by atoms with E-state index in [1.165, 1.54) is 11.8 Å². The van der Waals surface area contributed by atoms with E-state index < -0.39 is 17.6 Å². The number of rotatable bonds is 4. The molecule has 1 unspecified atom stereocenters. The summed E-state index contributed by atoms with van der Waals surface area (Å²) in [6.07, 6.45) is 1.75. The molecule has 114 valence electrons. The second kappa shape index (κ2) is 5.88. The van der Waals surface area contributed by atoms with Crippen LogP contribution in [0.25, 0.3) is 0 Å². The normalized spacial score (nSPS) is 16.4. The molecular weight excluding hydrogens is 294 g/mol. The number of aryl methyl sites for hydroxylation is 1. The minimum Gasteiger partial charge on any atom is -0.481 e. The first-order chi connectivity index (χ1) is 9.85. The Morgan fingerprint density at radius 2 is 2.10 bits per heavy atom. The minimum atomic E-state index is -0.848. The fourth-order valence-corrected chi connectivity index (χ4v) is 2.93. The lowest BCUT2D eigenvalue weighted by atomic mass is 9.86. The summed E-state index contributed by atoms with van der Waals surface area (Å²) in [6, 6.07) is 0. The highest BCUT2D eigenvalue weighted by atomic mass is 32.2. The predicted molar refractivity (Wildman–Crippen MR) is 77.6 cm³/mol. The van der Waals surface area contributed by atoms with Crippen molar-refractivity contribution in [3.05, 3.63) is 21.7 Å². The van der Waals surface area contributed by atoms with Crippen LogP contribution < -0.4 is 5.69 Å². The zero-order valence-electron chi connectivity index (χ0n) is 12.0. The van der Waals surface area contributed by atoms with E-state index in [1.54, 1.807) is 25.0 Å². The molecule has 1 amide bonds. The Kier molecular flexibility index (Phi) is 4.36. The molecule has 0 spiro atoms. The summed E-state index contributed by atoms with van der Waals surface area (Å²) >= 11 is 1.24. The van der Waals surface area contributed by atoms with Gasteiger partial charge in [-0.3, -0.25) is 9.59 Å². The van der Waals surface area contributed by atoms with E-state index in [2.05, 4.69) is 9.97 Å². The quantitative estimate of drug-likeness (QED) is 0.623. The third-order valence-electron chi connectivity index (χ3n) is 3.79. The molecule has 1 aromatic rings. The Balaban J connectivity index is 2.17. The highest BCUT2D eigenvalue weighted by molar-refractivity contribution is 7.98. The molecule has 2 rings (SSSR count). The van der Waals surface area contributed by atoms with Crippen LogP contribution in [0.3, 0.4) is 0 Å². The molecule has 0 radical (unpaired) electrons. The monoisotopic (exact) mass is 311 g/mol. The van der Waals surface area contributed by atoms with Gasteiger partial charge in [-0.25, -0.2) is 4.79 Å². The number of aromatic amines is 1. The number of thioether (sulfide) groups is 1. The third kappa shape index (κ3) is 2.94. The van der Waals surface area contributed by atoms with E-state index in [0.29, 0.717) is 29.4 Å². The molecular formula is C13H17N3O4S. The molecule has 7 nitrogen and oxygen atoms in total. The highest BCUT2D eigenvalue weighted by Crippen LogP contribution is 2.28. The van der Waals surface area contributed by atoms with E-state index in [4.69, 9.17) is 5.11 Å². The second-order valence-electron chi connectivity index (χ2n) is 5.15. The smallest absolute Gasteiger partial charge is 0.346 e. The van der Waals surface area contributed by atoms with Crippen molar-refractivity contribution in [1.29, 1.82) is 0 Å². The summed E-state index contributed by atoms with van der Waals surface area (Å²) in [5.74, 6) is -1.56. The van der Waals surface area contributed by atoms with Crippen molar-refractivity contribution in [3.8, 4) is 0 Å². The predicted octanol–water partition coefficient (Wildman–Crippen LogP) is 0.593. The maximum Gasteiger partial charge on any atom is 0.346 e. The fraction of sp³-hybridized carbons (Fsp3) is 0.538. The Labute approximate surface area is 125 Å². The van der Waals surface area contributed by atoms with Gasteiger partial charge in [-0.1, -0.05) is 6.92 Å². The number of carboxylic acids is 1. The highest BCUT2D eigenvalue weighted by Gasteiger charge is 2.38. The molecule has 2 N–H and O–H groups in total. The van der Waals surface area contributed by atoms with E-state index >= 15 is 0 Å². The van der Waals surface area contributed by atoms with Gasteiger partial charge in [0.05, 0.1) is 11.5 Å². The number of carbonyl (C=O) groups excluding carboxylic acids is 1. The average Bonchev–Trinajstić information content (AvgIpc) is 2.35. The average molecular weight is 311 g/mol. The van der Waals surface area contributed by atoms with Gasteiger partial charge in [-0.2, -0.15) is 4.98 Å². The summed E-state index contributed by atoms with van der Waals surface area (Å²) in [4.78, 5) is 42.7. The maximum atomic E-state index is 12.5. The molecule has 1 atom stereocenters. The Morgan fingerprint density at radius 3 is 2.62 bits per heavy atom. The zero-order valence-corrected chi connectivity index (χ0v) is 12.9. The van der Waals surface area contributed by atoms with Crippen LogP contribution in [0.2, 0.25) is 0 Å². The lowest BCUT2D eigenvalue weighted by Crippen LogP contribution is -2.53. The molecule has 0 saturated carbocycles. The van der Waals surface area contributed by atoms with Crippen molar-refractivity contribution < 1.29 is 14.7 Å². The van der Waals surface area contributed by atoms with Crippen molar-refractivity contribution in [3.63, 3.8) is 0 Å². The molecule has 2 heterocycles. The summed E-state index contributed by atoms with van der Waals surface area (Å²) in [5, 5.41) is 9.36. The lowest BCUT2D eigenvalue weighted by Gasteiger charge is -2.41. The van der Waals surface area contributed by atoms with E-state index in [9.17, 15) is 14.4 Å². The number of hydrogen-bond acceptors (Lipinski definition) is 5. The summed E-state index contributed by atoms with van der Waals surface area (Å²) < 4.78 is 0. The number of aromatic nitrogens is 2. The summed E-state index contributed by atoms with van der Waals surface area (Å²) in [6.45, 7) is 4.14. The van der Waals surface area contributed by atoms with Gasteiger partial charge in [0, 0.05) is 24.7 Å². The maximum absolute atomic E-state index is 12.5. The van der Waals surface area contributed by atoms with Crippen LogP contribution in [0.5, 0.6) is 0 Å². The molecule has 1 fully saturated rings. The van der Waals surface area contributed by atoms with Gasteiger partial charge in [0.1, 0.15) is 5.03 Å². The van der Waals surface area contributed by atoms with E-state index in [-0.39, 0.29) is 11.8 Å². The molecule has 0 aliphatic carbocycles. The van der Waals surface area contributed by atoms with Crippen LogP contribution in [0.1, 0.15) is 23.0 Å². The molecule has 0 bridgehead atoms. The standard InChI is InChI=1S/C13H17N3O4S/c1-6(12(18)19)8-4-16(5-8)11(17)9-7(2)14-13(20)15-10(9)21-3/h6,8H,4-5H2,1-3H3,(H,18,19)(H,14,15,20). The summed E-state index contributed by atoms with van der Waals surface area (Å²) in [7, 11) is 0. The number of nitrogens with one attached hydrogen (secondary N) is 1. The number of nitrogens with zero attached hydrogens (tertiary/aromatic N) is 2. The van der Waals surface area contributed by atoms with Gasteiger partial charge >= 0.3 is 11.7 Å². The van der Waals surface area contributed by atoms with Crippen LogP contribution >= 0.6 is 11.8 Å². The molecule has 1 aliphatic rings. The molecule has 0 aromatic carbocycles. The van der Waals surface area contributed by atoms with Crippen LogP contribution in [-0.2, 0) is 4.79 Å². The molecule has 21 heavy (non-hydrogen) atoms. The second-order valence-corrected chi connectivity index (χ2v) is 5.94. The lowest BCUT2D eigenvalue weighted by molar-refractivity contribution is -0.144. The Hall–Kier alpha value is -1.83. The van der Waals surface area contributed by atoms with Crippen molar-refractivity contribution in [1.82, 2.24) is 14.9 Å². The molecule has 1 aliphatic heterocycles. The van der Waals surface area contributed by atoms with Crippen molar-refractivity contribution in [2.75, 3.05) is 19.3 Å². The van der Waals surface area contributed by atoms with Crippen molar-refractivity contribution >= 4 is 23.6 Å². The van der Waals surface area contributed by atoms with Crippen LogP contribution in [-0.4, -0.2) is 51.2 Å². The van der Waals surface area contributed by atoms with Gasteiger partial charge in [-0.05, 0) is 13.2 Å². The first kappa shape index (κ1) is 15.6. The van der Waals surface area contributed by atoms with Crippen molar-refractivity contribution in [2.45, 2.75) is 18.9 Å². The van der Waals surface area contributed by atoms with Crippen LogP contribution in [0.4, 0.5) is 0 Å². The zero-order chi connectivity index (χ0) is 15.7. The van der Waals surface area contributed by atoms with Gasteiger partial charge in [0.2, 0.25) is 0 Å². The number of amides is 1. The van der Waals surface area contributed by atoms with Gasteiger partial charge in [0.15, 0.2) is 0 Å². The van der Waals surface area contributed by atoms with E-state index in [1.807, 2.05) is 0 Å². The molecule has 1 saturated heterocycles. The molecule has 8 heteroatoms.